The fourth-order valence-electron chi connectivity index (χ4n) is 5.24. The second kappa shape index (κ2) is 3.37. The van der Waals surface area contributed by atoms with E-state index in [1.165, 1.54) is 49.9 Å². The Morgan fingerprint density at radius 2 is 1.76 bits per heavy atom. The number of aromatic nitrogens is 2. The number of hydrogen-bond donors (Lipinski definition) is 1. The number of aromatic amines is 1. The average Bonchev–Trinajstić information content (AvgIpc) is 2.76. The van der Waals surface area contributed by atoms with Gasteiger partial charge in [-0.2, -0.15) is 5.10 Å². The minimum Gasteiger partial charge on any atom is -0.282 e. The Morgan fingerprint density at radius 1 is 1.18 bits per heavy atom. The fourth-order valence-corrected chi connectivity index (χ4v) is 5.24. The summed E-state index contributed by atoms with van der Waals surface area (Å²) in [6, 6.07) is 2.35. The molecule has 92 valence electrons. The van der Waals surface area contributed by atoms with Crippen LogP contribution in [0.2, 0.25) is 0 Å². The van der Waals surface area contributed by atoms with Crippen molar-refractivity contribution in [1.29, 1.82) is 0 Å². The Kier molecular flexibility index (Phi) is 2.01. The smallest absolute Gasteiger partial charge is 0.0686 e. The second-order valence-corrected chi connectivity index (χ2v) is 6.83. The SMILES string of the molecule is CCc1cc(C23CC4CC(CC(C4)C2)C3)n[nH]1. The molecule has 1 aromatic rings. The summed E-state index contributed by atoms with van der Waals surface area (Å²) in [5, 5.41) is 7.88. The van der Waals surface area contributed by atoms with E-state index in [9.17, 15) is 0 Å². The summed E-state index contributed by atoms with van der Waals surface area (Å²) in [4.78, 5) is 0. The van der Waals surface area contributed by atoms with E-state index in [1.54, 1.807) is 0 Å². The normalized spacial score (nSPS) is 43.2. The lowest BCUT2D eigenvalue weighted by atomic mass is 9.49. The Labute approximate surface area is 103 Å². The van der Waals surface area contributed by atoms with Crippen molar-refractivity contribution in [1.82, 2.24) is 10.2 Å². The molecular formula is C15H22N2. The molecule has 0 atom stereocenters. The number of rotatable bonds is 2. The molecule has 0 aromatic carbocycles. The zero-order chi connectivity index (χ0) is 11.5. The quantitative estimate of drug-likeness (QED) is 0.828. The van der Waals surface area contributed by atoms with Crippen LogP contribution < -0.4 is 0 Å². The maximum Gasteiger partial charge on any atom is 0.0686 e. The van der Waals surface area contributed by atoms with Crippen LogP contribution in [0.4, 0.5) is 0 Å². The highest BCUT2D eigenvalue weighted by Crippen LogP contribution is 2.60. The summed E-state index contributed by atoms with van der Waals surface area (Å²) in [7, 11) is 0. The van der Waals surface area contributed by atoms with Gasteiger partial charge in [-0.3, -0.25) is 5.10 Å². The Balaban J connectivity index is 1.72. The monoisotopic (exact) mass is 230 g/mol. The van der Waals surface area contributed by atoms with Crippen molar-refractivity contribution < 1.29 is 0 Å². The molecule has 4 aliphatic carbocycles. The standard InChI is InChI=1S/C15H22N2/c1-2-13-6-14(17-16-13)15-7-10-3-11(8-15)5-12(4-10)9-15/h6,10-12H,2-5,7-9H2,1H3,(H,16,17). The summed E-state index contributed by atoms with van der Waals surface area (Å²) in [6.45, 7) is 2.21. The maximum absolute atomic E-state index is 4.65. The van der Waals surface area contributed by atoms with Crippen LogP contribution >= 0.6 is 0 Å². The number of nitrogens with one attached hydrogen (secondary N) is 1. The Bertz CT molecular complexity index is 397. The number of nitrogens with zero attached hydrogens (tertiary/aromatic N) is 1. The molecule has 4 fully saturated rings. The summed E-state index contributed by atoms with van der Waals surface area (Å²) in [5.74, 6) is 3.05. The van der Waals surface area contributed by atoms with Gasteiger partial charge in [0, 0.05) is 11.1 Å². The molecular weight excluding hydrogens is 208 g/mol. The van der Waals surface area contributed by atoms with Crippen LogP contribution in [0.25, 0.3) is 0 Å². The van der Waals surface area contributed by atoms with Gasteiger partial charge in [-0.25, -0.2) is 0 Å². The van der Waals surface area contributed by atoms with Gasteiger partial charge < -0.3 is 0 Å². The summed E-state index contributed by atoms with van der Waals surface area (Å²) in [6.07, 6.45) is 9.91. The molecule has 0 amide bonds. The molecule has 4 bridgehead atoms. The zero-order valence-corrected chi connectivity index (χ0v) is 10.7. The molecule has 4 aliphatic rings. The highest BCUT2D eigenvalue weighted by Gasteiger charge is 2.52. The highest BCUT2D eigenvalue weighted by atomic mass is 15.1. The minimum absolute atomic E-state index is 0.471. The lowest BCUT2D eigenvalue weighted by Crippen LogP contribution is -2.48. The minimum atomic E-state index is 0.471. The van der Waals surface area contributed by atoms with Crippen LogP contribution in [-0.2, 0) is 11.8 Å². The van der Waals surface area contributed by atoms with Crippen LogP contribution in [0.15, 0.2) is 6.07 Å². The summed E-state index contributed by atoms with van der Waals surface area (Å²) in [5.41, 5.74) is 3.18. The van der Waals surface area contributed by atoms with Gasteiger partial charge in [-0.15, -0.1) is 0 Å². The first-order valence-electron chi connectivity index (χ1n) is 7.32. The van der Waals surface area contributed by atoms with E-state index in [-0.39, 0.29) is 0 Å². The fraction of sp³-hybridized carbons (Fsp3) is 0.800. The molecule has 17 heavy (non-hydrogen) atoms. The maximum atomic E-state index is 4.65. The molecule has 2 heteroatoms. The largest absolute Gasteiger partial charge is 0.282 e. The molecule has 0 spiro atoms. The van der Waals surface area contributed by atoms with Gasteiger partial charge in [0.25, 0.3) is 0 Å². The van der Waals surface area contributed by atoms with Crippen molar-refractivity contribution in [3.05, 3.63) is 17.5 Å². The third-order valence-corrected chi connectivity index (χ3v) is 5.59. The molecule has 1 heterocycles. The van der Waals surface area contributed by atoms with Gasteiger partial charge >= 0.3 is 0 Å². The highest BCUT2D eigenvalue weighted by molar-refractivity contribution is 5.24. The van der Waals surface area contributed by atoms with E-state index in [0.29, 0.717) is 5.41 Å². The van der Waals surface area contributed by atoms with Gasteiger partial charge in [0.05, 0.1) is 5.69 Å². The Morgan fingerprint density at radius 3 is 2.24 bits per heavy atom. The van der Waals surface area contributed by atoms with Gasteiger partial charge in [0.2, 0.25) is 0 Å². The van der Waals surface area contributed by atoms with E-state index >= 15 is 0 Å². The topological polar surface area (TPSA) is 28.7 Å². The average molecular weight is 230 g/mol. The first-order valence-corrected chi connectivity index (χ1v) is 7.32. The molecule has 0 unspecified atom stereocenters. The first kappa shape index (κ1) is 10.2. The van der Waals surface area contributed by atoms with Gasteiger partial charge in [0.1, 0.15) is 0 Å². The third-order valence-electron chi connectivity index (χ3n) is 5.59. The van der Waals surface area contributed by atoms with Crippen LogP contribution in [0.5, 0.6) is 0 Å². The molecule has 1 N–H and O–H groups in total. The van der Waals surface area contributed by atoms with Crippen molar-refractivity contribution >= 4 is 0 Å². The van der Waals surface area contributed by atoms with E-state index in [1.807, 2.05) is 0 Å². The predicted molar refractivity (Wildman–Crippen MR) is 67.8 cm³/mol. The molecule has 1 aromatic heterocycles. The summed E-state index contributed by atoms with van der Waals surface area (Å²) < 4.78 is 0. The van der Waals surface area contributed by atoms with E-state index in [0.717, 1.165) is 24.2 Å². The molecule has 0 saturated heterocycles. The Hall–Kier alpha value is -0.790. The molecule has 2 nitrogen and oxygen atoms in total. The van der Waals surface area contributed by atoms with Gasteiger partial charge in [0.15, 0.2) is 0 Å². The van der Waals surface area contributed by atoms with Crippen molar-refractivity contribution in [3.8, 4) is 0 Å². The number of hydrogen-bond acceptors (Lipinski definition) is 1. The zero-order valence-electron chi connectivity index (χ0n) is 10.7. The van der Waals surface area contributed by atoms with Gasteiger partial charge in [-0.1, -0.05) is 6.92 Å². The molecule has 4 saturated carbocycles. The first-order chi connectivity index (χ1) is 8.27. The van der Waals surface area contributed by atoms with Gasteiger partial charge in [-0.05, 0) is 68.8 Å². The van der Waals surface area contributed by atoms with E-state index < -0.39 is 0 Å². The van der Waals surface area contributed by atoms with Crippen molar-refractivity contribution in [2.75, 3.05) is 0 Å². The van der Waals surface area contributed by atoms with Crippen LogP contribution in [-0.4, -0.2) is 10.2 Å². The molecule has 5 rings (SSSR count). The number of H-pyrrole nitrogens is 1. The van der Waals surface area contributed by atoms with E-state index in [4.69, 9.17) is 0 Å². The lowest BCUT2D eigenvalue weighted by molar-refractivity contribution is -0.00722. The third kappa shape index (κ3) is 1.42. The summed E-state index contributed by atoms with van der Waals surface area (Å²) >= 11 is 0. The number of aryl methyl sites for hydroxylation is 1. The van der Waals surface area contributed by atoms with Crippen molar-refractivity contribution in [2.45, 2.75) is 57.3 Å². The molecule has 0 radical (unpaired) electrons. The second-order valence-electron chi connectivity index (χ2n) is 6.83. The predicted octanol–water partition coefficient (Wildman–Crippen LogP) is 3.44. The lowest BCUT2D eigenvalue weighted by Gasteiger charge is -2.56. The van der Waals surface area contributed by atoms with Crippen LogP contribution in [0.1, 0.15) is 56.8 Å². The van der Waals surface area contributed by atoms with Crippen LogP contribution in [0, 0.1) is 17.8 Å². The van der Waals surface area contributed by atoms with E-state index in [2.05, 4.69) is 23.2 Å². The van der Waals surface area contributed by atoms with Crippen LogP contribution in [0.3, 0.4) is 0 Å². The molecule has 0 aliphatic heterocycles. The van der Waals surface area contributed by atoms with Crippen molar-refractivity contribution in [3.63, 3.8) is 0 Å². The van der Waals surface area contributed by atoms with Crippen molar-refractivity contribution in [2.24, 2.45) is 17.8 Å².